The fourth-order valence-corrected chi connectivity index (χ4v) is 1.34. The van der Waals surface area contributed by atoms with E-state index in [2.05, 4.69) is 13.8 Å². The Bertz CT molecular complexity index is 134. The molecule has 0 bridgehead atoms. The van der Waals surface area contributed by atoms with Crippen LogP contribution in [-0.2, 0) is 4.79 Å². The molecule has 1 amide bonds. The lowest BCUT2D eigenvalue weighted by Crippen LogP contribution is -2.31. The number of nitrogens with zero attached hydrogens (tertiary/aromatic N) is 1. The third-order valence-electron chi connectivity index (χ3n) is 2.12. The lowest BCUT2D eigenvalue weighted by Gasteiger charge is -2.19. The highest BCUT2D eigenvalue weighted by Gasteiger charge is 2.08. The highest BCUT2D eigenvalue weighted by molar-refractivity contribution is 5.76. The zero-order chi connectivity index (χ0) is 10.1. The van der Waals surface area contributed by atoms with Crippen LogP contribution in [0, 0.1) is 6.92 Å². The van der Waals surface area contributed by atoms with Gasteiger partial charge in [-0.15, -0.1) is 0 Å². The second-order valence-corrected chi connectivity index (χ2v) is 3.28. The van der Waals surface area contributed by atoms with E-state index in [4.69, 9.17) is 0 Å². The summed E-state index contributed by atoms with van der Waals surface area (Å²) in [7, 11) is 0. The van der Waals surface area contributed by atoms with Gasteiger partial charge in [0.25, 0.3) is 0 Å². The Labute approximate surface area is 82.3 Å². The van der Waals surface area contributed by atoms with Crippen molar-refractivity contribution in [1.29, 1.82) is 0 Å². The van der Waals surface area contributed by atoms with E-state index in [0.717, 1.165) is 38.8 Å². The van der Waals surface area contributed by atoms with Crippen molar-refractivity contribution >= 4 is 5.91 Å². The van der Waals surface area contributed by atoms with Crippen LogP contribution in [0.15, 0.2) is 0 Å². The van der Waals surface area contributed by atoms with E-state index in [0.29, 0.717) is 12.3 Å². The highest BCUT2D eigenvalue weighted by Crippen LogP contribution is 2.03. The van der Waals surface area contributed by atoms with Crippen LogP contribution in [0.4, 0.5) is 0 Å². The summed E-state index contributed by atoms with van der Waals surface area (Å²) in [5.74, 6) is 0.304. The summed E-state index contributed by atoms with van der Waals surface area (Å²) in [6.07, 6.45) is 4.74. The molecule has 0 aliphatic heterocycles. The molecule has 0 heterocycles. The largest absolute Gasteiger partial charge is 0.343 e. The standard InChI is InChI=1S/C11H22NO/c1-4-7-8-9-11(13)12(6-3)10-5-2/h1,4-10H2,2-3H3. The van der Waals surface area contributed by atoms with E-state index >= 15 is 0 Å². The van der Waals surface area contributed by atoms with Crippen LogP contribution < -0.4 is 0 Å². The second-order valence-electron chi connectivity index (χ2n) is 3.28. The van der Waals surface area contributed by atoms with Crippen molar-refractivity contribution < 1.29 is 4.79 Å². The third kappa shape index (κ3) is 5.67. The first-order chi connectivity index (χ1) is 6.26. The van der Waals surface area contributed by atoms with Crippen molar-refractivity contribution in [2.75, 3.05) is 13.1 Å². The van der Waals surface area contributed by atoms with Gasteiger partial charge in [-0.2, -0.15) is 0 Å². The molecule has 0 saturated heterocycles. The van der Waals surface area contributed by atoms with Crippen LogP contribution in [0.1, 0.15) is 46.0 Å². The molecular weight excluding hydrogens is 162 g/mol. The Morgan fingerprint density at radius 1 is 1.31 bits per heavy atom. The number of carbonyl (C=O) groups is 1. The summed E-state index contributed by atoms with van der Waals surface area (Å²) >= 11 is 0. The van der Waals surface area contributed by atoms with E-state index in [1.54, 1.807) is 0 Å². The highest BCUT2D eigenvalue weighted by atomic mass is 16.2. The van der Waals surface area contributed by atoms with Gasteiger partial charge in [-0.3, -0.25) is 4.79 Å². The number of carbonyl (C=O) groups excluding carboxylic acids is 1. The molecule has 0 aromatic carbocycles. The molecule has 0 fully saturated rings. The van der Waals surface area contributed by atoms with Crippen LogP contribution in [0.5, 0.6) is 0 Å². The Hall–Kier alpha value is -0.530. The fraction of sp³-hybridized carbons (Fsp3) is 0.818. The maximum absolute atomic E-state index is 11.5. The minimum absolute atomic E-state index is 0.304. The van der Waals surface area contributed by atoms with Crippen molar-refractivity contribution in [2.45, 2.75) is 46.0 Å². The van der Waals surface area contributed by atoms with Crippen LogP contribution in [-0.4, -0.2) is 23.9 Å². The SMILES string of the molecule is [CH2]CCCCC(=O)N(CC)CCC. The molecule has 0 spiro atoms. The maximum Gasteiger partial charge on any atom is 0.222 e. The smallest absolute Gasteiger partial charge is 0.222 e. The van der Waals surface area contributed by atoms with Gasteiger partial charge in [0.05, 0.1) is 0 Å². The van der Waals surface area contributed by atoms with E-state index in [1.165, 1.54) is 0 Å². The molecule has 0 atom stereocenters. The van der Waals surface area contributed by atoms with Gasteiger partial charge in [-0.25, -0.2) is 0 Å². The molecule has 0 N–H and O–H groups in total. The first-order valence-electron chi connectivity index (χ1n) is 5.33. The first-order valence-corrected chi connectivity index (χ1v) is 5.33. The average Bonchev–Trinajstić information content (AvgIpc) is 2.14. The Morgan fingerprint density at radius 3 is 2.46 bits per heavy atom. The van der Waals surface area contributed by atoms with Crippen LogP contribution in [0.3, 0.4) is 0 Å². The Balaban J connectivity index is 3.64. The van der Waals surface area contributed by atoms with Crippen molar-refractivity contribution in [1.82, 2.24) is 4.90 Å². The minimum Gasteiger partial charge on any atom is -0.343 e. The van der Waals surface area contributed by atoms with Crippen molar-refractivity contribution in [3.63, 3.8) is 0 Å². The van der Waals surface area contributed by atoms with Gasteiger partial charge in [-0.1, -0.05) is 26.7 Å². The van der Waals surface area contributed by atoms with Crippen molar-refractivity contribution in [2.24, 2.45) is 0 Å². The molecule has 0 saturated carbocycles. The number of hydrogen-bond donors (Lipinski definition) is 0. The van der Waals surface area contributed by atoms with Gasteiger partial charge in [0.1, 0.15) is 0 Å². The molecular formula is C11H22NO. The Morgan fingerprint density at radius 2 is 2.00 bits per heavy atom. The molecule has 2 heteroatoms. The first kappa shape index (κ1) is 12.5. The minimum atomic E-state index is 0.304. The zero-order valence-corrected chi connectivity index (χ0v) is 9.01. The molecule has 2 nitrogen and oxygen atoms in total. The molecule has 0 aliphatic rings. The van der Waals surface area contributed by atoms with Gasteiger partial charge < -0.3 is 4.90 Å². The molecule has 1 radical (unpaired) electrons. The predicted octanol–water partition coefficient (Wildman–Crippen LogP) is 2.64. The number of hydrogen-bond acceptors (Lipinski definition) is 1. The van der Waals surface area contributed by atoms with Gasteiger partial charge in [-0.05, 0) is 19.8 Å². The Kier molecular flexibility index (Phi) is 7.76. The molecule has 77 valence electrons. The summed E-state index contributed by atoms with van der Waals surface area (Å²) in [4.78, 5) is 13.5. The van der Waals surface area contributed by atoms with Crippen LogP contribution in [0.25, 0.3) is 0 Å². The summed E-state index contributed by atoms with van der Waals surface area (Å²) in [6.45, 7) is 9.65. The number of rotatable bonds is 7. The predicted molar refractivity (Wildman–Crippen MR) is 56.4 cm³/mol. The number of amides is 1. The monoisotopic (exact) mass is 184 g/mol. The lowest BCUT2D eigenvalue weighted by molar-refractivity contribution is -0.131. The van der Waals surface area contributed by atoms with Gasteiger partial charge in [0.15, 0.2) is 0 Å². The topological polar surface area (TPSA) is 20.3 Å². The zero-order valence-electron chi connectivity index (χ0n) is 9.01. The maximum atomic E-state index is 11.5. The molecule has 0 aromatic heterocycles. The summed E-state index contributed by atoms with van der Waals surface area (Å²) in [5.41, 5.74) is 0. The van der Waals surface area contributed by atoms with Crippen LogP contribution in [0.2, 0.25) is 0 Å². The van der Waals surface area contributed by atoms with E-state index in [9.17, 15) is 4.79 Å². The molecule has 0 rings (SSSR count). The molecule has 0 aliphatic carbocycles. The van der Waals surface area contributed by atoms with Gasteiger partial charge in [0, 0.05) is 19.5 Å². The van der Waals surface area contributed by atoms with E-state index in [1.807, 2.05) is 11.8 Å². The van der Waals surface area contributed by atoms with E-state index in [-0.39, 0.29) is 0 Å². The second kappa shape index (κ2) is 8.09. The third-order valence-corrected chi connectivity index (χ3v) is 2.12. The molecule has 13 heavy (non-hydrogen) atoms. The summed E-state index contributed by atoms with van der Waals surface area (Å²) in [5, 5.41) is 0. The van der Waals surface area contributed by atoms with Crippen molar-refractivity contribution in [3.8, 4) is 0 Å². The normalized spacial score (nSPS) is 10.1. The summed E-state index contributed by atoms with van der Waals surface area (Å²) in [6, 6.07) is 0. The number of unbranched alkanes of at least 4 members (excludes halogenated alkanes) is 2. The molecule has 0 aromatic rings. The fourth-order valence-electron chi connectivity index (χ4n) is 1.34. The molecule has 0 unspecified atom stereocenters. The van der Waals surface area contributed by atoms with E-state index < -0.39 is 0 Å². The summed E-state index contributed by atoms with van der Waals surface area (Å²) < 4.78 is 0. The average molecular weight is 184 g/mol. The lowest BCUT2D eigenvalue weighted by atomic mass is 10.2. The van der Waals surface area contributed by atoms with Gasteiger partial charge in [0.2, 0.25) is 5.91 Å². The van der Waals surface area contributed by atoms with Gasteiger partial charge >= 0.3 is 0 Å². The van der Waals surface area contributed by atoms with Crippen LogP contribution >= 0.6 is 0 Å². The van der Waals surface area contributed by atoms with Crippen molar-refractivity contribution in [3.05, 3.63) is 6.92 Å². The quantitative estimate of drug-likeness (QED) is 0.557.